The van der Waals surface area contributed by atoms with Crippen molar-refractivity contribution in [3.8, 4) is 5.75 Å². The third-order valence-corrected chi connectivity index (χ3v) is 4.37. The summed E-state index contributed by atoms with van der Waals surface area (Å²) in [5.41, 5.74) is 0. The minimum atomic E-state index is 0.412. The van der Waals surface area contributed by atoms with Crippen LogP contribution in [0.2, 0.25) is 0 Å². The van der Waals surface area contributed by atoms with Gasteiger partial charge in [-0.1, -0.05) is 40.9 Å². The molecule has 0 saturated heterocycles. The highest BCUT2D eigenvalue weighted by Crippen LogP contribution is 2.27. The molecule has 2 aromatic carbocycles. The van der Waals surface area contributed by atoms with Crippen LogP contribution < -0.4 is 4.74 Å². The lowest BCUT2D eigenvalue weighted by atomic mass is 10.1. The molecule has 2 heteroatoms. The van der Waals surface area contributed by atoms with Gasteiger partial charge < -0.3 is 4.74 Å². The second-order valence-corrected chi connectivity index (χ2v) is 6.30. The maximum atomic E-state index is 6.16. The molecular weight excluding hydrogens is 300 g/mol. The molecule has 1 aliphatic rings. The van der Waals surface area contributed by atoms with E-state index in [1.54, 1.807) is 0 Å². The Morgan fingerprint density at radius 2 is 1.53 bits per heavy atom. The molecule has 0 spiro atoms. The fourth-order valence-electron chi connectivity index (χ4n) is 2.82. The van der Waals surface area contributed by atoms with E-state index in [4.69, 9.17) is 4.74 Å². The van der Waals surface area contributed by atoms with Crippen molar-refractivity contribution in [2.45, 2.75) is 44.6 Å². The van der Waals surface area contributed by atoms with E-state index in [1.807, 2.05) is 0 Å². The number of benzene rings is 2. The molecule has 1 saturated carbocycles. The first kappa shape index (κ1) is 13.0. The molecule has 0 aromatic heterocycles. The summed E-state index contributed by atoms with van der Waals surface area (Å²) in [5, 5.41) is 2.50. The first-order valence-corrected chi connectivity index (χ1v) is 7.96. The number of rotatable bonds is 2. The van der Waals surface area contributed by atoms with Crippen LogP contribution in [0.4, 0.5) is 0 Å². The lowest BCUT2D eigenvalue weighted by Gasteiger charge is -2.17. The van der Waals surface area contributed by atoms with E-state index in [-0.39, 0.29) is 0 Å². The van der Waals surface area contributed by atoms with Gasteiger partial charge in [-0.05, 0) is 60.7 Å². The second kappa shape index (κ2) is 5.96. The molecule has 0 unspecified atom stereocenters. The van der Waals surface area contributed by atoms with Crippen molar-refractivity contribution in [3.05, 3.63) is 40.9 Å². The molecule has 100 valence electrons. The zero-order chi connectivity index (χ0) is 13.1. The number of halogens is 1. The van der Waals surface area contributed by atoms with Crippen LogP contribution in [0.5, 0.6) is 5.75 Å². The standard InChI is InChI=1S/C17H19BrO/c18-15-9-7-14-12-17(10-8-13(14)11-15)19-16-5-3-1-2-4-6-16/h7-12,16H,1-6H2. The zero-order valence-electron chi connectivity index (χ0n) is 11.1. The van der Waals surface area contributed by atoms with Crippen LogP contribution in [-0.4, -0.2) is 6.10 Å². The van der Waals surface area contributed by atoms with Gasteiger partial charge in [-0.15, -0.1) is 0 Å². The predicted molar refractivity (Wildman–Crippen MR) is 83.8 cm³/mol. The normalized spacial score (nSPS) is 17.3. The Morgan fingerprint density at radius 3 is 2.32 bits per heavy atom. The summed E-state index contributed by atoms with van der Waals surface area (Å²) in [5.74, 6) is 1.02. The lowest BCUT2D eigenvalue weighted by Crippen LogP contribution is -2.14. The first-order valence-electron chi connectivity index (χ1n) is 7.17. The van der Waals surface area contributed by atoms with Gasteiger partial charge in [0.05, 0.1) is 6.10 Å². The third-order valence-electron chi connectivity index (χ3n) is 3.88. The molecule has 0 atom stereocenters. The molecule has 0 aliphatic heterocycles. The summed E-state index contributed by atoms with van der Waals surface area (Å²) in [6.07, 6.45) is 8.18. The van der Waals surface area contributed by atoms with Crippen LogP contribution in [0, 0.1) is 0 Å². The number of fused-ring (bicyclic) bond motifs is 1. The average molecular weight is 319 g/mol. The second-order valence-electron chi connectivity index (χ2n) is 5.38. The highest BCUT2D eigenvalue weighted by molar-refractivity contribution is 9.10. The van der Waals surface area contributed by atoms with Gasteiger partial charge in [0.15, 0.2) is 0 Å². The van der Waals surface area contributed by atoms with Gasteiger partial charge in [-0.3, -0.25) is 0 Å². The Morgan fingerprint density at radius 1 is 0.842 bits per heavy atom. The van der Waals surface area contributed by atoms with E-state index >= 15 is 0 Å². The molecule has 19 heavy (non-hydrogen) atoms. The molecule has 0 bridgehead atoms. The molecule has 2 aromatic rings. The topological polar surface area (TPSA) is 9.23 Å². The van der Waals surface area contributed by atoms with Gasteiger partial charge in [0.2, 0.25) is 0 Å². The van der Waals surface area contributed by atoms with Gasteiger partial charge >= 0.3 is 0 Å². The third kappa shape index (κ3) is 3.30. The van der Waals surface area contributed by atoms with Gasteiger partial charge in [-0.25, -0.2) is 0 Å². The summed E-state index contributed by atoms with van der Waals surface area (Å²) in [6.45, 7) is 0. The molecule has 1 aliphatic carbocycles. The first-order chi connectivity index (χ1) is 9.31. The maximum Gasteiger partial charge on any atom is 0.120 e. The van der Waals surface area contributed by atoms with Crippen molar-refractivity contribution in [3.63, 3.8) is 0 Å². The SMILES string of the molecule is Brc1ccc2cc(OC3CCCCCC3)ccc2c1. The van der Waals surface area contributed by atoms with Crippen molar-refractivity contribution >= 4 is 26.7 Å². The van der Waals surface area contributed by atoms with Crippen molar-refractivity contribution in [1.29, 1.82) is 0 Å². The maximum absolute atomic E-state index is 6.16. The molecule has 1 fully saturated rings. The Kier molecular flexibility index (Phi) is 4.07. The van der Waals surface area contributed by atoms with E-state index < -0.39 is 0 Å². The van der Waals surface area contributed by atoms with Crippen LogP contribution >= 0.6 is 15.9 Å². The van der Waals surface area contributed by atoms with Crippen LogP contribution in [0.15, 0.2) is 40.9 Å². The molecular formula is C17H19BrO. The van der Waals surface area contributed by atoms with Crippen LogP contribution in [-0.2, 0) is 0 Å². The highest BCUT2D eigenvalue weighted by atomic mass is 79.9. The Bertz CT molecular complexity index is 556. The number of hydrogen-bond acceptors (Lipinski definition) is 1. The van der Waals surface area contributed by atoms with E-state index in [0.29, 0.717) is 6.10 Å². The summed E-state index contributed by atoms with van der Waals surface area (Å²) in [4.78, 5) is 0. The largest absolute Gasteiger partial charge is 0.490 e. The zero-order valence-corrected chi connectivity index (χ0v) is 12.7. The summed E-state index contributed by atoms with van der Waals surface area (Å²) < 4.78 is 7.28. The Balaban J connectivity index is 1.78. The van der Waals surface area contributed by atoms with Crippen molar-refractivity contribution in [1.82, 2.24) is 0 Å². The molecule has 1 nitrogen and oxygen atoms in total. The lowest BCUT2D eigenvalue weighted by molar-refractivity contribution is 0.184. The van der Waals surface area contributed by atoms with Crippen molar-refractivity contribution < 1.29 is 4.74 Å². The molecule has 0 amide bonds. The van der Waals surface area contributed by atoms with Gasteiger partial charge in [-0.2, -0.15) is 0 Å². The molecule has 0 heterocycles. The highest BCUT2D eigenvalue weighted by Gasteiger charge is 2.13. The molecule has 3 rings (SSSR count). The van der Waals surface area contributed by atoms with Crippen molar-refractivity contribution in [2.24, 2.45) is 0 Å². The average Bonchev–Trinajstić information content (AvgIpc) is 2.68. The van der Waals surface area contributed by atoms with Crippen LogP contribution in [0.25, 0.3) is 10.8 Å². The fourth-order valence-corrected chi connectivity index (χ4v) is 3.20. The predicted octanol–water partition coefficient (Wildman–Crippen LogP) is 5.70. The quantitative estimate of drug-likeness (QED) is 0.645. The van der Waals surface area contributed by atoms with E-state index in [0.717, 1.165) is 10.2 Å². The fraction of sp³-hybridized carbons (Fsp3) is 0.412. The van der Waals surface area contributed by atoms with Gasteiger partial charge in [0.25, 0.3) is 0 Å². The monoisotopic (exact) mass is 318 g/mol. The summed E-state index contributed by atoms with van der Waals surface area (Å²) in [7, 11) is 0. The summed E-state index contributed by atoms with van der Waals surface area (Å²) in [6, 6.07) is 12.8. The summed E-state index contributed by atoms with van der Waals surface area (Å²) >= 11 is 3.51. The van der Waals surface area contributed by atoms with Gasteiger partial charge in [0.1, 0.15) is 5.75 Å². The van der Waals surface area contributed by atoms with Crippen LogP contribution in [0.1, 0.15) is 38.5 Å². The Hall–Kier alpha value is -1.02. The minimum absolute atomic E-state index is 0.412. The number of hydrogen-bond donors (Lipinski definition) is 0. The van der Waals surface area contributed by atoms with Gasteiger partial charge in [0, 0.05) is 4.47 Å². The minimum Gasteiger partial charge on any atom is -0.490 e. The molecule has 0 radical (unpaired) electrons. The number of ether oxygens (including phenoxy) is 1. The van der Waals surface area contributed by atoms with Crippen molar-refractivity contribution in [2.75, 3.05) is 0 Å². The Labute approximate surface area is 123 Å². The molecule has 0 N–H and O–H groups in total. The van der Waals surface area contributed by atoms with E-state index in [2.05, 4.69) is 52.3 Å². The smallest absolute Gasteiger partial charge is 0.120 e. The van der Waals surface area contributed by atoms with Crippen LogP contribution in [0.3, 0.4) is 0 Å². The van der Waals surface area contributed by atoms with E-state index in [1.165, 1.54) is 49.3 Å². The van der Waals surface area contributed by atoms with E-state index in [9.17, 15) is 0 Å².